The van der Waals surface area contributed by atoms with Crippen LogP contribution in [0.15, 0.2) is 30.3 Å². The van der Waals surface area contributed by atoms with Gasteiger partial charge in [0.1, 0.15) is 0 Å². The van der Waals surface area contributed by atoms with Crippen LogP contribution < -0.4 is 3.82 Å². The molecular formula is C6H6ClMnO. The van der Waals surface area contributed by atoms with E-state index in [1.807, 2.05) is 30.3 Å². The summed E-state index contributed by atoms with van der Waals surface area (Å²) >= 11 is 2.86. The molecule has 1 rings (SSSR count). The van der Waals surface area contributed by atoms with E-state index >= 15 is 0 Å². The van der Waals surface area contributed by atoms with E-state index in [9.17, 15) is 0 Å². The summed E-state index contributed by atoms with van der Waals surface area (Å²) in [5.41, 5.74) is 0. The van der Waals surface area contributed by atoms with Crippen LogP contribution in [0.3, 0.4) is 0 Å². The van der Waals surface area contributed by atoms with Crippen LogP contribution in [0.2, 0.25) is 0 Å². The molecule has 0 fully saturated rings. The fourth-order valence-corrected chi connectivity index (χ4v) is 0.633. The molecule has 9 heavy (non-hydrogen) atoms. The van der Waals surface area contributed by atoms with E-state index < -0.39 is 0 Å². The fraction of sp³-hybridized carbons (Fsp3) is 0. The Labute approximate surface area is 69.0 Å². The number of halogens is 1. The SMILES string of the molecule is Cl.[Mn][O]c1ccccc1. The first-order valence-corrected chi connectivity index (χ1v) is 2.75. The standard InChI is InChI=1S/C6H6O.ClH.Mn/c7-6-4-2-1-3-5-6;;/h1-5,7H;1H;/q;;+1/p-1. The molecule has 0 saturated carbocycles. The topological polar surface area (TPSA) is 9.23 Å². The maximum absolute atomic E-state index is 4.73. The molecule has 1 nitrogen and oxygen atoms in total. The van der Waals surface area contributed by atoms with E-state index in [4.69, 9.17) is 3.82 Å². The van der Waals surface area contributed by atoms with Gasteiger partial charge in [-0.2, -0.15) is 0 Å². The molecule has 1 aromatic carbocycles. The van der Waals surface area contributed by atoms with Gasteiger partial charge in [-0.05, 0) is 0 Å². The first kappa shape index (κ1) is 8.83. The van der Waals surface area contributed by atoms with Gasteiger partial charge in [0.15, 0.2) is 0 Å². The number of hydrogen-bond acceptors (Lipinski definition) is 1. The molecular weight excluding hydrogens is 178 g/mol. The second-order valence-corrected chi connectivity index (χ2v) is 1.63. The van der Waals surface area contributed by atoms with Gasteiger partial charge in [0.2, 0.25) is 0 Å². The Balaban J connectivity index is 0.000000640. The summed E-state index contributed by atoms with van der Waals surface area (Å²) in [6.45, 7) is 0. The molecule has 1 aromatic rings. The van der Waals surface area contributed by atoms with Crippen molar-refractivity contribution in [2.45, 2.75) is 0 Å². The zero-order valence-electron chi connectivity index (χ0n) is 4.58. The molecule has 0 atom stereocenters. The van der Waals surface area contributed by atoms with Gasteiger partial charge < -0.3 is 0 Å². The monoisotopic (exact) mass is 184 g/mol. The van der Waals surface area contributed by atoms with Crippen LogP contribution in [-0.4, -0.2) is 0 Å². The van der Waals surface area contributed by atoms with Crippen LogP contribution in [0.1, 0.15) is 0 Å². The molecule has 0 aromatic heterocycles. The summed E-state index contributed by atoms with van der Waals surface area (Å²) in [4.78, 5) is 0. The third-order valence-corrected chi connectivity index (χ3v) is 1.11. The molecule has 0 unspecified atom stereocenters. The van der Waals surface area contributed by atoms with E-state index in [0.29, 0.717) is 0 Å². The molecule has 0 bridgehead atoms. The Hall–Kier alpha value is -0.171. The number of para-hydroxylation sites is 1. The molecule has 0 saturated heterocycles. The Bertz CT molecular complexity index is 154. The van der Waals surface area contributed by atoms with Gasteiger partial charge in [-0.15, -0.1) is 12.4 Å². The van der Waals surface area contributed by atoms with Gasteiger partial charge in [-0.25, -0.2) is 0 Å². The number of hydrogen-bond donors (Lipinski definition) is 0. The summed E-state index contributed by atoms with van der Waals surface area (Å²) in [6.07, 6.45) is 0. The molecule has 3 heteroatoms. The molecule has 0 aliphatic heterocycles. The molecule has 0 aliphatic rings. The zero-order valence-corrected chi connectivity index (χ0v) is 6.58. The van der Waals surface area contributed by atoms with E-state index in [2.05, 4.69) is 16.3 Å². The molecule has 0 radical (unpaired) electrons. The minimum atomic E-state index is 0. The van der Waals surface area contributed by atoms with Gasteiger partial charge >= 0.3 is 56.2 Å². The molecule has 0 amide bonds. The van der Waals surface area contributed by atoms with Crippen molar-refractivity contribution in [3.8, 4) is 5.75 Å². The van der Waals surface area contributed by atoms with Gasteiger partial charge in [0.25, 0.3) is 0 Å². The van der Waals surface area contributed by atoms with Crippen LogP contribution in [0.4, 0.5) is 0 Å². The van der Waals surface area contributed by atoms with Crippen molar-refractivity contribution in [3.05, 3.63) is 30.3 Å². The third kappa shape index (κ3) is 2.75. The van der Waals surface area contributed by atoms with Crippen molar-refractivity contribution in [3.63, 3.8) is 0 Å². The normalized spacial score (nSPS) is 7.67. The van der Waals surface area contributed by atoms with Crippen LogP contribution in [0, 0.1) is 0 Å². The summed E-state index contributed by atoms with van der Waals surface area (Å²) in [5, 5.41) is 0. The zero-order chi connectivity index (χ0) is 5.82. The van der Waals surface area contributed by atoms with E-state index in [0.717, 1.165) is 5.75 Å². The fourth-order valence-electron chi connectivity index (χ4n) is 0.472. The summed E-state index contributed by atoms with van der Waals surface area (Å²) in [7, 11) is 0. The number of benzene rings is 1. The van der Waals surface area contributed by atoms with Crippen molar-refractivity contribution >= 4 is 12.4 Å². The van der Waals surface area contributed by atoms with Gasteiger partial charge in [0.05, 0.1) is 0 Å². The van der Waals surface area contributed by atoms with Crippen LogP contribution >= 0.6 is 12.4 Å². The van der Waals surface area contributed by atoms with E-state index in [-0.39, 0.29) is 12.4 Å². The van der Waals surface area contributed by atoms with Crippen LogP contribution in [0.5, 0.6) is 5.75 Å². The first-order chi connectivity index (χ1) is 3.93. The average molecular weight is 185 g/mol. The Kier molecular flexibility index (Phi) is 4.60. The molecule has 0 N–H and O–H groups in total. The Morgan fingerprint density at radius 1 is 1.11 bits per heavy atom. The summed E-state index contributed by atoms with van der Waals surface area (Å²) in [5.74, 6) is 0.826. The first-order valence-electron chi connectivity index (χ1n) is 2.27. The molecule has 50 valence electrons. The van der Waals surface area contributed by atoms with Crippen LogP contribution in [-0.2, 0) is 16.3 Å². The molecule has 0 spiro atoms. The second-order valence-electron chi connectivity index (χ2n) is 1.39. The summed E-state index contributed by atoms with van der Waals surface area (Å²) < 4.78 is 4.73. The van der Waals surface area contributed by atoms with E-state index in [1.54, 1.807) is 0 Å². The summed E-state index contributed by atoms with van der Waals surface area (Å²) in [6, 6.07) is 9.51. The molecule has 0 aliphatic carbocycles. The van der Waals surface area contributed by atoms with Crippen molar-refractivity contribution in [1.29, 1.82) is 0 Å². The molecule has 0 heterocycles. The van der Waals surface area contributed by atoms with Crippen LogP contribution in [0.25, 0.3) is 0 Å². The average Bonchev–Trinajstić information content (AvgIpc) is 1.90. The minimum absolute atomic E-state index is 0. The van der Waals surface area contributed by atoms with Gasteiger partial charge in [-0.1, -0.05) is 0 Å². The third-order valence-electron chi connectivity index (χ3n) is 0.832. The van der Waals surface area contributed by atoms with E-state index in [1.165, 1.54) is 0 Å². The van der Waals surface area contributed by atoms with Crippen molar-refractivity contribution in [2.75, 3.05) is 0 Å². The van der Waals surface area contributed by atoms with Crippen molar-refractivity contribution in [1.82, 2.24) is 0 Å². The predicted molar refractivity (Wildman–Crippen MR) is 34.3 cm³/mol. The quantitative estimate of drug-likeness (QED) is 0.606. The Morgan fingerprint density at radius 2 is 1.67 bits per heavy atom. The van der Waals surface area contributed by atoms with Crippen molar-refractivity contribution < 1.29 is 20.2 Å². The predicted octanol–water partition coefficient (Wildman–Crippen LogP) is 1.95. The van der Waals surface area contributed by atoms with Crippen molar-refractivity contribution in [2.24, 2.45) is 0 Å². The number of rotatable bonds is 1. The second kappa shape index (κ2) is 4.68. The maximum atomic E-state index is 4.73. The van der Waals surface area contributed by atoms with Gasteiger partial charge in [-0.3, -0.25) is 0 Å². The Morgan fingerprint density at radius 3 is 2.00 bits per heavy atom. The van der Waals surface area contributed by atoms with Gasteiger partial charge in [0, 0.05) is 0 Å².